The number of hydrogen-bond donors (Lipinski definition) is 1. The number of carbonyl (C=O) groups is 1. The van der Waals surface area contributed by atoms with Crippen molar-refractivity contribution in [1.82, 2.24) is 0 Å². The fourth-order valence-electron chi connectivity index (χ4n) is 2.24. The summed E-state index contributed by atoms with van der Waals surface area (Å²) in [5.41, 5.74) is 0.747. The number of benzene rings is 1. The molecule has 0 fully saturated rings. The summed E-state index contributed by atoms with van der Waals surface area (Å²) < 4.78 is 11.0. The van der Waals surface area contributed by atoms with E-state index in [9.17, 15) is 4.79 Å². The maximum absolute atomic E-state index is 12.2. The average Bonchev–Trinajstić information content (AvgIpc) is 2.87. The van der Waals surface area contributed by atoms with Crippen molar-refractivity contribution >= 4 is 11.6 Å². The molecule has 2 aromatic rings. The van der Waals surface area contributed by atoms with Crippen LogP contribution in [-0.2, 0) is 17.9 Å². The molecule has 1 N–H and O–H groups in total. The Morgan fingerprint density at radius 1 is 1.15 bits per heavy atom. The van der Waals surface area contributed by atoms with E-state index in [2.05, 4.69) is 0 Å². The Bertz CT molecular complexity index is 620. The van der Waals surface area contributed by atoms with E-state index in [0.717, 1.165) is 5.69 Å². The predicted molar refractivity (Wildman–Crippen MR) is 72.4 cm³/mol. The van der Waals surface area contributed by atoms with E-state index in [1.165, 1.54) is 0 Å². The van der Waals surface area contributed by atoms with Gasteiger partial charge in [0.2, 0.25) is 5.91 Å². The number of ether oxygens (including phenoxy) is 1. The molecular formula is C15H15NO4. The van der Waals surface area contributed by atoms with Crippen LogP contribution >= 0.6 is 0 Å². The zero-order chi connectivity index (χ0) is 13.9. The second kappa shape index (κ2) is 5.38. The molecule has 0 saturated carbocycles. The second-order valence-electron chi connectivity index (χ2n) is 4.57. The third-order valence-corrected chi connectivity index (χ3v) is 3.22. The highest BCUT2D eigenvalue weighted by molar-refractivity contribution is 5.95. The zero-order valence-electron chi connectivity index (χ0n) is 10.9. The summed E-state index contributed by atoms with van der Waals surface area (Å²) in [5, 5.41) is 9.02. The number of amides is 1. The molecule has 0 aliphatic carbocycles. The van der Waals surface area contributed by atoms with E-state index in [4.69, 9.17) is 14.3 Å². The number of aliphatic hydroxyl groups excluding tert-OH is 1. The number of hydrogen-bond acceptors (Lipinski definition) is 4. The summed E-state index contributed by atoms with van der Waals surface area (Å²) >= 11 is 0. The van der Waals surface area contributed by atoms with Crippen LogP contribution < -0.4 is 9.64 Å². The minimum absolute atomic E-state index is 0.00287. The van der Waals surface area contributed by atoms with E-state index in [1.807, 2.05) is 24.3 Å². The summed E-state index contributed by atoms with van der Waals surface area (Å²) in [4.78, 5) is 13.9. The largest absolute Gasteiger partial charge is 0.491 e. The molecule has 1 aliphatic rings. The van der Waals surface area contributed by atoms with Gasteiger partial charge in [-0.1, -0.05) is 12.1 Å². The van der Waals surface area contributed by atoms with Gasteiger partial charge in [0.05, 0.1) is 25.3 Å². The van der Waals surface area contributed by atoms with Crippen molar-refractivity contribution in [2.24, 2.45) is 0 Å². The molecule has 20 heavy (non-hydrogen) atoms. The lowest BCUT2D eigenvalue weighted by Gasteiger charge is -2.20. The van der Waals surface area contributed by atoms with Crippen LogP contribution in [-0.4, -0.2) is 17.6 Å². The van der Waals surface area contributed by atoms with Gasteiger partial charge in [-0.2, -0.15) is 0 Å². The first-order valence-corrected chi connectivity index (χ1v) is 6.48. The number of anilines is 1. The molecule has 104 valence electrons. The molecule has 1 aromatic carbocycles. The molecule has 0 unspecified atom stereocenters. The molecule has 2 heterocycles. The number of furan rings is 1. The van der Waals surface area contributed by atoms with Crippen molar-refractivity contribution in [3.63, 3.8) is 0 Å². The van der Waals surface area contributed by atoms with Crippen LogP contribution in [0.1, 0.15) is 17.9 Å². The van der Waals surface area contributed by atoms with Gasteiger partial charge in [0.15, 0.2) is 0 Å². The highest BCUT2D eigenvalue weighted by Crippen LogP contribution is 2.32. The maximum atomic E-state index is 12.2. The second-order valence-corrected chi connectivity index (χ2v) is 4.57. The van der Waals surface area contributed by atoms with Gasteiger partial charge in [-0.05, 0) is 24.3 Å². The van der Waals surface area contributed by atoms with Gasteiger partial charge in [-0.3, -0.25) is 4.79 Å². The summed E-state index contributed by atoms with van der Waals surface area (Å²) in [7, 11) is 0. The minimum Gasteiger partial charge on any atom is -0.491 e. The first kappa shape index (κ1) is 12.7. The van der Waals surface area contributed by atoms with Gasteiger partial charge < -0.3 is 19.2 Å². The van der Waals surface area contributed by atoms with E-state index in [-0.39, 0.29) is 12.5 Å². The van der Waals surface area contributed by atoms with Crippen molar-refractivity contribution in [2.75, 3.05) is 11.5 Å². The Morgan fingerprint density at radius 2 is 1.95 bits per heavy atom. The minimum atomic E-state index is -0.145. The number of fused-ring (bicyclic) bond motifs is 1. The zero-order valence-corrected chi connectivity index (χ0v) is 10.9. The number of nitrogens with zero attached hydrogens (tertiary/aromatic N) is 1. The van der Waals surface area contributed by atoms with Crippen LogP contribution in [0, 0.1) is 0 Å². The standard InChI is InChI=1S/C15H15NO4/c17-10-12-6-5-11(20-12)9-16-13-3-1-2-4-14(13)19-8-7-15(16)18/h1-6,17H,7-10H2. The van der Waals surface area contributed by atoms with E-state index in [1.54, 1.807) is 17.0 Å². The Hall–Kier alpha value is -2.27. The number of aliphatic hydroxyl groups is 1. The molecule has 3 rings (SSSR count). The molecule has 1 aromatic heterocycles. The molecule has 0 radical (unpaired) electrons. The third-order valence-electron chi connectivity index (χ3n) is 3.22. The number of para-hydroxylation sites is 2. The monoisotopic (exact) mass is 273 g/mol. The van der Waals surface area contributed by atoms with Gasteiger partial charge in [-0.25, -0.2) is 0 Å². The van der Waals surface area contributed by atoms with Crippen LogP contribution in [0.4, 0.5) is 5.69 Å². The predicted octanol–water partition coefficient (Wildman–Crippen LogP) is 2.09. The van der Waals surface area contributed by atoms with Crippen LogP contribution in [0.15, 0.2) is 40.8 Å². The summed E-state index contributed by atoms with van der Waals surface area (Å²) in [5.74, 6) is 1.83. The molecule has 0 saturated heterocycles. The first-order valence-electron chi connectivity index (χ1n) is 6.48. The topological polar surface area (TPSA) is 62.9 Å². The van der Waals surface area contributed by atoms with Crippen molar-refractivity contribution in [3.05, 3.63) is 47.9 Å². The van der Waals surface area contributed by atoms with Gasteiger partial charge in [0, 0.05) is 0 Å². The van der Waals surface area contributed by atoms with Gasteiger partial charge in [0.25, 0.3) is 0 Å². The van der Waals surface area contributed by atoms with E-state index in [0.29, 0.717) is 36.8 Å². The lowest BCUT2D eigenvalue weighted by Crippen LogP contribution is -2.29. The lowest BCUT2D eigenvalue weighted by atomic mass is 10.2. The SMILES string of the molecule is O=C1CCOc2ccccc2N1Cc1ccc(CO)o1. The highest BCUT2D eigenvalue weighted by atomic mass is 16.5. The normalized spacial score (nSPS) is 14.7. The molecule has 5 heteroatoms. The smallest absolute Gasteiger partial charge is 0.230 e. The number of carbonyl (C=O) groups excluding carboxylic acids is 1. The van der Waals surface area contributed by atoms with E-state index < -0.39 is 0 Å². The number of rotatable bonds is 3. The molecular weight excluding hydrogens is 258 g/mol. The maximum Gasteiger partial charge on any atom is 0.230 e. The van der Waals surface area contributed by atoms with Crippen molar-refractivity contribution < 1.29 is 19.1 Å². The molecule has 0 bridgehead atoms. The van der Waals surface area contributed by atoms with Gasteiger partial charge in [-0.15, -0.1) is 0 Å². The van der Waals surface area contributed by atoms with Gasteiger partial charge in [0.1, 0.15) is 23.9 Å². The Labute approximate surface area is 116 Å². The lowest BCUT2D eigenvalue weighted by molar-refractivity contribution is -0.119. The summed E-state index contributed by atoms with van der Waals surface area (Å²) in [6, 6.07) is 10.9. The van der Waals surface area contributed by atoms with Crippen molar-refractivity contribution in [1.29, 1.82) is 0 Å². The molecule has 0 atom stereocenters. The molecule has 5 nitrogen and oxygen atoms in total. The third kappa shape index (κ3) is 2.40. The molecule has 1 aliphatic heterocycles. The molecule has 1 amide bonds. The summed E-state index contributed by atoms with van der Waals surface area (Å²) in [6.45, 7) is 0.569. The Morgan fingerprint density at radius 3 is 2.75 bits per heavy atom. The quantitative estimate of drug-likeness (QED) is 0.930. The Kier molecular flexibility index (Phi) is 3.43. The van der Waals surface area contributed by atoms with Crippen LogP contribution in [0.2, 0.25) is 0 Å². The molecule has 0 spiro atoms. The van der Waals surface area contributed by atoms with Crippen LogP contribution in [0.3, 0.4) is 0 Å². The van der Waals surface area contributed by atoms with E-state index >= 15 is 0 Å². The highest BCUT2D eigenvalue weighted by Gasteiger charge is 2.24. The van der Waals surface area contributed by atoms with Gasteiger partial charge >= 0.3 is 0 Å². The Balaban J connectivity index is 1.91. The van der Waals surface area contributed by atoms with Crippen LogP contribution in [0.5, 0.6) is 5.75 Å². The summed E-state index contributed by atoms with van der Waals surface area (Å²) in [6.07, 6.45) is 0.336. The van der Waals surface area contributed by atoms with Crippen LogP contribution in [0.25, 0.3) is 0 Å². The first-order chi connectivity index (χ1) is 9.78. The fraction of sp³-hybridized carbons (Fsp3) is 0.267. The van der Waals surface area contributed by atoms with Crippen molar-refractivity contribution in [2.45, 2.75) is 19.6 Å². The van der Waals surface area contributed by atoms with Crippen molar-refractivity contribution in [3.8, 4) is 5.75 Å². The average molecular weight is 273 g/mol. The fourth-order valence-corrected chi connectivity index (χ4v) is 2.24.